The molecule has 4 nitrogen and oxygen atoms in total. The van der Waals surface area contributed by atoms with Crippen molar-refractivity contribution in [3.63, 3.8) is 0 Å². The second-order valence-electron chi connectivity index (χ2n) is 3.67. The number of rotatable bonds is 3. The minimum Gasteiger partial charge on any atom is -0.363 e. The predicted octanol–water partition coefficient (Wildman–Crippen LogP) is 2.64. The minimum absolute atomic E-state index is 0.558. The summed E-state index contributed by atoms with van der Waals surface area (Å²) in [6, 6.07) is 5.73. The number of nitrogens with one attached hydrogen (secondary N) is 1. The molecule has 86 valence electrons. The first-order valence-electron chi connectivity index (χ1n) is 5.21. The summed E-state index contributed by atoms with van der Waals surface area (Å²) in [5.74, 6) is 0.623. The van der Waals surface area contributed by atoms with Crippen molar-refractivity contribution in [3.8, 4) is 6.07 Å². The monoisotopic (exact) mass is 244 g/mol. The summed E-state index contributed by atoms with van der Waals surface area (Å²) < 4.78 is 0. The van der Waals surface area contributed by atoms with Crippen LogP contribution in [0.4, 0.5) is 5.82 Å². The van der Waals surface area contributed by atoms with Gasteiger partial charge in [-0.1, -0.05) is 0 Å². The highest BCUT2D eigenvalue weighted by atomic mass is 32.1. The van der Waals surface area contributed by atoms with Gasteiger partial charge in [-0.05, 0) is 26.0 Å². The molecule has 0 saturated heterocycles. The van der Waals surface area contributed by atoms with E-state index >= 15 is 0 Å². The average molecular weight is 244 g/mol. The number of pyridine rings is 1. The van der Waals surface area contributed by atoms with E-state index in [-0.39, 0.29) is 0 Å². The smallest absolute Gasteiger partial charge is 0.144 e. The van der Waals surface area contributed by atoms with Crippen LogP contribution in [0.15, 0.2) is 17.5 Å². The summed E-state index contributed by atoms with van der Waals surface area (Å²) >= 11 is 1.62. The Bertz CT molecular complexity index is 568. The van der Waals surface area contributed by atoms with Crippen molar-refractivity contribution < 1.29 is 0 Å². The molecule has 2 rings (SSSR count). The van der Waals surface area contributed by atoms with Gasteiger partial charge >= 0.3 is 0 Å². The molecular weight excluding hydrogens is 232 g/mol. The highest BCUT2D eigenvalue weighted by Crippen LogP contribution is 2.14. The number of hydrogen-bond acceptors (Lipinski definition) is 5. The summed E-state index contributed by atoms with van der Waals surface area (Å²) in [7, 11) is 0. The van der Waals surface area contributed by atoms with E-state index in [4.69, 9.17) is 5.26 Å². The molecule has 0 aliphatic carbocycles. The van der Waals surface area contributed by atoms with Crippen molar-refractivity contribution in [2.45, 2.75) is 20.4 Å². The van der Waals surface area contributed by atoms with Gasteiger partial charge in [0.2, 0.25) is 0 Å². The third-order valence-electron chi connectivity index (χ3n) is 2.26. The SMILES string of the molecule is Cc1ccc(C#N)c(NCc2csc(C)n2)n1. The van der Waals surface area contributed by atoms with Crippen molar-refractivity contribution in [2.75, 3.05) is 5.32 Å². The van der Waals surface area contributed by atoms with E-state index in [0.29, 0.717) is 17.9 Å². The van der Waals surface area contributed by atoms with Gasteiger partial charge in [-0.3, -0.25) is 0 Å². The summed E-state index contributed by atoms with van der Waals surface area (Å²) in [6.45, 7) is 4.47. The summed E-state index contributed by atoms with van der Waals surface area (Å²) in [5.41, 5.74) is 2.42. The van der Waals surface area contributed by atoms with E-state index < -0.39 is 0 Å². The average Bonchev–Trinajstić information content (AvgIpc) is 2.73. The highest BCUT2D eigenvalue weighted by molar-refractivity contribution is 7.09. The van der Waals surface area contributed by atoms with E-state index in [9.17, 15) is 0 Å². The van der Waals surface area contributed by atoms with Gasteiger partial charge < -0.3 is 5.32 Å². The third kappa shape index (κ3) is 2.80. The van der Waals surface area contributed by atoms with Crippen LogP contribution in [0.25, 0.3) is 0 Å². The van der Waals surface area contributed by atoms with Crippen LogP contribution in [0.3, 0.4) is 0 Å². The maximum atomic E-state index is 8.97. The molecule has 0 aromatic carbocycles. The maximum Gasteiger partial charge on any atom is 0.144 e. The Kier molecular flexibility index (Phi) is 3.35. The first-order valence-corrected chi connectivity index (χ1v) is 6.09. The Morgan fingerprint density at radius 3 is 2.82 bits per heavy atom. The number of anilines is 1. The lowest BCUT2D eigenvalue weighted by molar-refractivity contribution is 1.03. The maximum absolute atomic E-state index is 8.97. The van der Waals surface area contributed by atoms with Gasteiger partial charge in [-0.25, -0.2) is 9.97 Å². The lowest BCUT2D eigenvalue weighted by Gasteiger charge is -2.06. The van der Waals surface area contributed by atoms with Gasteiger partial charge in [0.1, 0.15) is 11.9 Å². The molecule has 0 bridgehead atoms. The summed E-state index contributed by atoms with van der Waals surface area (Å²) in [5, 5.41) is 15.2. The molecular formula is C12H12N4S. The zero-order valence-electron chi connectivity index (χ0n) is 9.69. The van der Waals surface area contributed by atoms with Crippen LogP contribution in [-0.4, -0.2) is 9.97 Å². The number of aromatic nitrogens is 2. The fraction of sp³-hybridized carbons (Fsp3) is 0.250. The minimum atomic E-state index is 0.558. The van der Waals surface area contributed by atoms with Crippen LogP contribution in [-0.2, 0) is 6.54 Å². The number of aryl methyl sites for hydroxylation is 2. The Balaban J connectivity index is 2.13. The highest BCUT2D eigenvalue weighted by Gasteiger charge is 2.04. The number of hydrogen-bond donors (Lipinski definition) is 1. The topological polar surface area (TPSA) is 61.6 Å². The van der Waals surface area contributed by atoms with E-state index in [2.05, 4.69) is 21.4 Å². The first kappa shape index (κ1) is 11.6. The van der Waals surface area contributed by atoms with Crippen molar-refractivity contribution in [1.82, 2.24) is 9.97 Å². The summed E-state index contributed by atoms with van der Waals surface area (Å²) in [4.78, 5) is 8.66. The van der Waals surface area contributed by atoms with E-state index in [0.717, 1.165) is 16.4 Å². The fourth-order valence-corrected chi connectivity index (χ4v) is 2.06. The van der Waals surface area contributed by atoms with Gasteiger partial charge in [0.05, 0.1) is 22.8 Å². The molecule has 0 amide bonds. The van der Waals surface area contributed by atoms with Crippen LogP contribution >= 0.6 is 11.3 Å². The van der Waals surface area contributed by atoms with Gasteiger partial charge in [0.15, 0.2) is 0 Å². The van der Waals surface area contributed by atoms with Gasteiger partial charge in [-0.15, -0.1) is 11.3 Å². The standard InChI is InChI=1S/C12H12N4S/c1-8-3-4-10(5-13)12(15-8)14-6-11-7-17-9(2)16-11/h3-4,7H,6H2,1-2H3,(H,14,15). The van der Waals surface area contributed by atoms with Crippen LogP contribution < -0.4 is 5.32 Å². The zero-order chi connectivity index (χ0) is 12.3. The largest absolute Gasteiger partial charge is 0.363 e. The molecule has 0 unspecified atom stereocenters. The van der Waals surface area contributed by atoms with Crippen LogP contribution in [0, 0.1) is 25.2 Å². The van der Waals surface area contributed by atoms with Crippen molar-refractivity contribution in [2.24, 2.45) is 0 Å². The molecule has 0 fully saturated rings. The number of nitrogens with zero attached hydrogens (tertiary/aromatic N) is 3. The van der Waals surface area contributed by atoms with Gasteiger partial charge in [0.25, 0.3) is 0 Å². The normalized spacial score (nSPS) is 9.94. The van der Waals surface area contributed by atoms with Crippen LogP contribution in [0.5, 0.6) is 0 Å². The summed E-state index contributed by atoms with van der Waals surface area (Å²) in [6.07, 6.45) is 0. The Morgan fingerprint density at radius 2 is 2.18 bits per heavy atom. The van der Waals surface area contributed by atoms with Crippen molar-refractivity contribution >= 4 is 17.2 Å². The number of thiazole rings is 1. The van der Waals surface area contributed by atoms with E-state index in [1.54, 1.807) is 17.4 Å². The molecule has 2 aromatic heterocycles. The Labute approximate surface area is 104 Å². The molecule has 0 atom stereocenters. The van der Waals surface area contributed by atoms with Crippen LogP contribution in [0.1, 0.15) is 22.0 Å². The number of nitriles is 1. The zero-order valence-corrected chi connectivity index (χ0v) is 10.5. The molecule has 0 radical (unpaired) electrons. The fourth-order valence-electron chi connectivity index (χ4n) is 1.45. The van der Waals surface area contributed by atoms with Gasteiger partial charge in [0, 0.05) is 11.1 Å². The molecule has 17 heavy (non-hydrogen) atoms. The molecule has 2 heterocycles. The van der Waals surface area contributed by atoms with Gasteiger partial charge in [-0.2, -0.15) is 5.26 Å². The van der Waals surface area contributed by atoms with Crippen LogP contribution in [0.2, 0.25) is 0 Å². The van der Waals surface area contributed by atoms with E-state index in [1.807, 2.05) is 25.3 Å². The third-order valence-corrected chi connectivity index (χ3v) is 3.08. The Hall–Kier alpha value is -1.93. The molecule has 0 saturated carbocycles. The molecule has 0 aliphatic rings. The molecule has 5 heteroatoms. The second kappa shape index (κ2) is 4.93. The quantitative estimate of drug-likeness (QED) is 0.901. The Morgan fingerprint density at radius 1 is 1.35 bits per heavy atom. The second-order valence-corrected chi connectivity index (χ2v) is 4.73. The lowest BCUT2D eigenvalue weighted by Crippen LogP contribution is -2.04. The molecule has 1 N–H and O–H groups in total. The first-order chi connectivity index (χ1) is 8.19. The van der Waals surface area contributed by atoms with Crippen molar-refractivity contribution in [1.29, 1.82) is 5.26 Å². The molecule has 2 aromatic rings. The lowest BCUT2D eigenvalue weighted by atomic mass is 10.2. The van der Waals surface area contributed by atoms with Crippen molar-refractivity contribution in [3.05, 3.63) is 39.5 Å². The predicted molar refractivity (Wildman–Crippen MR) is 67.9 cm³/mol. The molecule has 0 aliphatic heterocycles. The van der Waals surface area contributed by atoms with E-state index in [1.165, 1.54) is 0 Å². The molecule has 0 spiro atoms.